The van der Waals surface area contributed by atoms with E-state index in [2.05, 4.69) is 20.1 Å². The molecule has 2 fully saturated rings. The molecule has 0 bridgehead atoms. The van der Waals surface area contributed by atoms with Gasteiger partial charge in [0.1, 0.15) is 5.82 Å². The van der Waals surface area contributed by atoms with Gasteiger partial charge in [0.25, 0.3) is 0 Å². The fraction of sp³-hybridized carbons (Fsp3) is 0.667. The number of aliphatic hydroxyl groups excluding tert-OH is 1. The number of carbonyl (C=O) groups excluding carboxylic acids is 1. The summed E-state index contributed by atoms with van der Waals surface area (Å²) < 4.78 is 0. The molecule has 24 heavy (non-hydrogen) atoms. The number of amides is 1. The number of aromatic nitrogens is 1. The van der Waals surface area contributed by atoms with E-state index in [4.69, 9.17) is 0 Å². The number of pyridine rings is 1. The third-order valence-electron chi connectivity index (χ3n) is 5.07. The molecule has 3 rings (SSSR count). The number of rotatable bonds is 5. The molecule has 2 unspecified atom stereocenters. The standard InChI is InChI=1S/C18H28N4O2/c1-14(23)15-7-10-21(12-15)13-18(24)20-16-5-6-17(19-11-16)22-8-3-2-4-9-22/h5-6,11,14-15,23H,2-4,7-10,12-13H2,1H3,(H,20,24). The predicted molar refractivity (Wildman–Crippen MR) is 95.2 cm³/mol. The second-order valence-corrected chi connectivity index (χ2v) is 7.03. The minimum atomic E-state index is -0.301. The molecule has 6 nitrogen and oxygen atoms in total. The fourth-order valence-corrected chi connectivity index (χ4v) is 3.57. The minimum absolute atomic E-state index is 0.0197. The van der Waals surface area contributed by atoms with E-state index in [1.165, 1.54) is 19.3 Å². The average Bonchev–Trinajstić information content (AvgIpc) is 3.05. The van der Waals surface area contributed by atoms with Gasteiger partial charge in [0.15, 0.2) is 0 Å². The maximum atomic E-state index is 12.2. The first kappa shape index (κ1) is 17.2. The quantitative estimate of drug-likeness (QED) is 0.859. The molecule has 1 aromatic heterocycles. The van der Waals surface area contributed by atoms with Gasteiger partial charge in [0, 0.05) is 19.6 Å². The number of anilines is 2. The highest BCUT2D eigenvalue weighted by atomic mass is 16.3. The molecule has 0 saturated carbocycles. The predicted octanol–water partition coefficient (Wildman–Crippen LogP) is 1.71. The highest BCUT2D eigenvalue weighted by molar-refractivity contribution is 5.92. The van der Waals surface area contributed by atoms with Gasteiger partial charge in [-0.05, 0) is 57.2 Å². The number of carbonyl (C=O) groups is 1. The van der Waals surface area contributed by atoms with E-state index in [9.17, 15) is 9.90 Å². The molecule has 2 saturated heterocycles. The van der Waals surface area contributed by atoms with Crippen molar-refractivity contribution in [2.45, 2.75) is 38.7 Å². The lowest BCUT2D eigenvalue weighted by Gasteiger charge is -2.27. The van der Waals surface area contributed by atoms with Crippen molar-refractivity contribution in [2.75, 3.05) is 42.9 Å². The van der Waals surface area contributed by atoms with E-state index in [1.807, 2.05) is 19.1 Å². The van der Waals surface area contributed by atoms with Gasteiger partial charge in [-0.2, -0.15) is 0 Å². The molecule has 0 aromatic carbocycles. The van der Waals surface area contributed by atoms with Crippen molar-refractivity contribution in [1.82, 2.24) is 9.88 Å². The number of aliphatic hydroxyl groups is 1. The van der Waals surface area contributed by atoms with Gasteiger partial charge in [-0.25, -0.2) is 4.98 Å². The Labute approximate surface area is 143 Å². The zero-order chi connectivity index (χ0) is 16.9. The Morgan fingerprint density at radius 1 is 1.33 bits per heavy atom. The van der Waals surface area contributed by atoms with Gasteiger partial charge in [-0.1, -0.05) is 0 Å². The monoisotopic (exact) mass is 332 g/mol. The lowest BCUT2D eigenvalue weighted by molar-refractivity contribution is -0.117. The van der Waals surface area contributed by atoms with Gasteiger partial charge >= 0.3 is 0 Å². The Morgan fingerprint density at radius 2 is 2.12 bits per heavy atom. The number of piperidine rings is 1. The zero-order valence-corrected chi connectivity index (χ0v) is 14.4. The summed E-state index contributed by atoms with van der Waals surface area (Å²) in [4.78, 5) is 21.1. The maximum Gasteiger partial charge on any atom is 0.238 e. The van der Waals surface area contributed by atoms with Crippen LogP contribution in [0.5, 0.6) is 0 Å². The summed E-state index contributed by atoms with van der Waals surface area (Å²) in [7, 11) is 0. The van der Waals surface area contributed by atoms with Crippen LogP contribution in [0, 0.1) is 5.92 Å². The molecule has 1 aromatic rings. The lowest BCUT2D eigenvalue weighted by Crippen LogP contribution is -2.32. The number of nitrogens with one attached hydrogen (secondary N) is 1. The third-order valence-corrected chi connectivity index (χ3v) is 5.07. The maximum absolute atomic E-state index is 12.2. The van der Waals surface area contributed by atoms with Crippen molar-refractivity contribution < 1.29 is 9.90 Å². The van der Waals surface area contributed by atoms with Crippen molar-refractivity contribution in [1.29, 1.82) is 0 Å². The van der Waals surface area contributed by atoms with Gasteiger partial charge in [-0.3, -0.25) is 9.69 Å². The molecule has 2 aliphatic heterocycles. The van der Waals surface area contributed by atoms with E-state index < -0.39 is 0 Å². The van der Waals surface area contributed by atoms with Crippen molar-refractivity contribution in [3.05, 3.63) is 18.3 Å². The first-order chi connectivity index (χ1) is 11.6. The highest BCUT2D eigenvalue weighted by Crippen LogP contribution is 2.20. The molecule has 2 aliphatic rings. The van der Waals surface area contributed by atoms with Crippen molar-refractivity contribution >= 4 is 17.4 Å². The first-order valence-corrected chi connectivity index (χ1v) is 9.03. The topological polar surface area (TPSA) is 68.7 Å². The van der Waals surface area contributed by atoms with Crippen LogP contribution < -0.4 is 10.2 Å². The molecule has 0 radical (unpaired) electrons. The second-order valence-electron chi connectivity index (χ2n) is 7.03. The van der Waals surface area contributed by atoms with E-state index in [0.29, 0.717) is 6.54 Å². The Hall–Kier alpha value is -1.66. The van der Waals surface area contributed by atoms with E-state index >= 15 is 0 Å². The minimum Gasteiger partial charge on any atom is -0.393 e. The van der Waals surface area contributed by atoms with E-state index in [0.717, 1.165) is 44.1 Å². The number of hydrogen-bond acceptors (Lipinski definition) is 5. The molecule has 1 amide bonds. The normalized spacial score (nSPS) is 23.2. The second kappa shape index (κ2) is 7.94. The third kappa shape index (κ3) is 4.45. The molecule has 3 heterocycles. The summed E-state index contributed by atoms with van der Waals surface area (Å²) in [6, 6.07) is 3.91. The number of likely N-dealkylation sites (tertiary alicyclic amines) is 1. The number of hydrogen-bond donors (Lipinski definition) is 2. The van der Waals surface area contributed by atoms with Gasteiger partial charge in [-0.15, -0.1) is 0 Å². The van der Waals surface area contributed by atoms with Crippen LogP contribution in [0.25, 0.3) is 0 Å². The summed E-state index contributed by atoms with van der Waals surface area (Å²) in [6.45, 7) is 5.99. The van der Waals surface area contributed by atoms with Gasteiger partial charge in [0.2, 0.25) is 5.91 Å². The molecular weight excluding hydrogens is 304 g/mol. The van der Waals surface area contributed by atoms with Crippen LogP contribution in [0.2, 0.25) is 0 Å². The van der Waals surface area contributed by atoms with Crippen molar-refractivity contribution in [3.63, 3.8) is 0 Å². The van der Waals surface area contributed by atoms with Crippen LogP contribution in [0.1, 0.15) is 32.6 Å². The molecular formula is C18H28N4O2. The summed E-state index contributed by atoms with van der Waals surface area (Å²) >= 11 is 0. The molecule has 2 atom stereocenters. The van der Waals surface area contributed by atoms with Crippen LogP contribution in [-0.2, 0) is 4.79 Å². The Kier molecular flexibility index (Phi) is 5.68. The Bertz CT molecular complexity index is 540. The molecule has 132 valence electrons. The fourth-order valence-electron chi connectivity index (χ4n) is 3.57. The average molecular weight is 332 g/mol. The molecule has 0 spiro atoms. The van der Waals surface area contributed by atoms with Crippen molar-refractivity contribution in [3.8, 4) is 0 Å². The summed E-state index contributed by atoms with van der Waals surface area (Å²) in [5.74, 6) is 1.25. The van der Waals surface area contributed by atoms with Crippen LogP contribution in [0.3, 0.4) is 0 Å². The number of nitrogens with zero attached hydrogens (tertiary/aromatic N) is 3. The van der Waals surface area contributed by atoms with Crippen LogP contribution in [-0.4, -0.2) is 59.7 Å². The lowest BCUT2D eigenvalue weighted by atomic mass is 10.0. The Balaban J connectivity index is 1.48. The van der Waals surface area contributed by atoms with E-state index in [1.54, 1.807) is 6.20 Å². The zero-order valence-electron chi connectivity index (χ0n) is 14.4. The largest absolute Gasteiger partial charge is 0.393 e. The van der Waals surface area contributed by atoms with Crippen LogP contribution in [0.4, 0.5) is 11.5 Å². The van der Waals surface area contributed by atoms with Crippen molar-refractivity contribution in [2.24, 2.45) is 5.92 Å². The highest BCUT2D eigenvalue weighted by Gasteiger charge is 2.27. The van der Waals surface area contributed by atoms with Crippen LogP contribution >= 0.6 is 0 Å². The van der Waals surface area contributed by atoms with Crippen LogP contribution in [0.15, 0.2) is 18.3 Å². The summed E-state index contributed by atoms with van der Waals surface area (Å²) in [5, 5.41) is 12.6. The Morgan fingerprint density at radius 3 is 2.75 bits per heavy atom. The SMILES string of the molecule is CC(O)C1CCN(CC(=O)Nc2ccc(N3CCCCC3)nc2)C1. The van der Waals surface area contributed by atoms with Gasteiger partial charge < -0.3 is 15.3 Å². The first-order valence-electron chi connectivity index (χ1n) is 9.03. The molecule has 2 N–H and O–H groups in total. The summed E-state index contributed by atoms with van der Waals surface area (Å²) in [6.07, 6.45) is 6.15. The summed E-state index contributed by atoms with van der Waals surface area (Å²) in [5.41, 5.74) is 0.743. The smallest absolute Gasteiger partial charge is 0.238 e. The van der Waals surface area contributed by atoms with Gasteiger partial charge in [0.05, 0.1) is 24.5 Å². The van der Waals surface area contributed by atoms with E-state index in [-0.39, 0.29) is 17.9 Å². The molecule has 6 heteroatoms. The molecule has 0 aliphatic carbocycles.